The number of nitrogens with zero attached hydrogens (tertiary/aromatic N) is 1. The molecule has 1 aromatic heterocycles. The fourth-order valence-corrected chi connectivity index (χ4v) is 3.56. The van der Waals surface area contributed by atoms with Gasteiger partial charge in [0.1, 0.15) is 0 Å². The second kappa shape index (κ2) is 6.06. The molecule has 0 aliphatic heterocycles. The van der Waals surface area contributed by atoms with Crippen LogP contribution in [0.5, 0.6) is 0 Å². The number of pyridine rings is 1. The first-order chi connectivity index (χ1) is 12.2. The predicted molar refractivity (Wildman–Crippen MR) is 105 cm³/mol. The lowest BCUT2D eigenvalue weighted by atomic mass is 9.92. The minimum Gasteiger partial charge on any atom is -0.310 e. The summed E-state index contributed by atoms with van der Waals surface area (Å²) in [6, 6.07) is 26.5. The molecular formula is C23H19NO. The molecule has 0 unspecified atom stereocenters. The maximum atomic E-state index is 13.1. The van der Waals surface area contributed by atoms with Gasteiger partial charge < -0.3 is 4.57 Å². The molecule has 0 saturated carbocycles. The highest BCUT2D eigenvalue weighted by Crippen LogP contribution is 2.36. The van der Waals surface area contributed by atoms with Gasteiger partial charge in [0.15, 0.2) is 0 Å². The standard InChI is InChI=1S/C23H19NO/c1-16-10-9-15-19-20(16)23(25)24(2)22(18-13-7-4-8-14-18)21(19)17-11-5-3-6-12-17/h3-15H,1-2H3. The monoisotopic (exact) mass is 325 g/mol. The number of aryl methyl sites for hydroxylation is 1. The van der Waals surface area contributed by atoms with E-state index in [2.05, 4.69) is 30.3 Å². The van der Waals surface area contributed by atoms with Crippen LogP contribution in [0.3, 0.4) is 0 Å². The summed E-state index contributed by atoms with van der Waals surface area (Å²) in [5.74, 6) is 0. The van der Waals surface area contributed by atoms with E-state index in [4.69, 9.17) is 0 Å². The molecule has 0 atom stereocenters. The highest BCUT2D eigenvalue weighted by atomic mass is 16.1. The van der Waals surface area contributed by atoms with Crippen LogP contribution in [-0.2, 0) is 7.05 Å². The molecule has 2 heteroatoms. The molecule has 0 aliphatic carbocycles. The molecule has 0 radical (unpaired) electrons. The maximum Gasteiger partial charge on any atom is 0.258 e. The maximum absolute atomic E-state index is 13.1. The first-order valence-corrected chi connectivity index (χ1v) is 8.41. The van der Waals surface area contributed by atoms with Crippen LogP contribution in [0.25, 0.3) is 33.2 Å². The van der Waals surface area contributed by atoms with Crippen molar-refractivity contribution in [3.63, 3.8) is 0 Å². The van der Waals surface area contributed by atoms with Gasteiger partial charge in [-0.15, -0.1) is 0 Å². The summed E-state index contributed by atoms with van der Waals surface area (Å²) in [5, 5.41) is 1.80. The van der Waals surface area contributed by atoms with Crippen LogP contribution >= 0.6 is 0 Å². The van der Waals surface area contributed by atoms with Crippen LogP contribution < -0.4 is 5.56 Å². The third-order valence-electron chi connectivity index (χ3n) is 4.74. The van der Waals surface area contributed by atoms with Crippen molar-refractivity contribution < 1.29 is 0 Å². The number of hydrogen-bond donors (Lipinski definition) is 0. The quantitative estimate of drug-likeness (QED) is 0.498. The van der Waals surface area contributed by atoms with Gasteiger partial charge in [0.05, 0.1) is 11.1 Å². The molecule has 0 amide bonds. The number of aromatic nitrogens is 1. The van der Waals surface area contributed by atoms with E-state index >= 15 is 0 Å². The summed E-state index contributed by atoms with van der Waals surface area (Å²) >= 11 is 0. The molecule has 122 valence electrons. The predicted octanol–water partition coefficient (Wildman–Crippen LogP) is 5.18. The second-order valence-electron chi connectivity index (χ2n) is 6.32. The average Bonchev–Trinajstić information content (AvgIpc) is 2.65. The molecule has 0 saturated heterocycles. The third kappa shape index (κ3) is 2.47. The van der Waals surface area contributed by atoms with Crippen LogP contribution in [0.1, 0.15) is 5.56 Å². The smallest absolute Gasteiger partial charge is 0.258 e. The summed E-state index contributed by atoms with van der Waals surface area (Å²) in [6.07, 6.45) is 0. The van der Waals surface area contributed by atoms with E-state index in [1.54, 1.807) is 4.57 Å². The Balaban J connectivity index is 2.25. The van der Waals surface area contributed by atoms with E-state index in [0.29, 0.717) is 0 Å². The molecule has 4 rings (SSSR count). The van der Waals surface area contributed by atoms with E-state index in [-0.39, 0.29) is 5.56 Å². The number of benzene rings is 3. The van der Waals surface area contributed by atoms with Crippen LogP contribution in [0, 0.1) is 6.92 Å². The molecule has 0 fully saturated rings. The van der Waals surface area contributed by atoms with Crippen molar-refractivity contribution in [3.05, 3.63) is 94.8 Å². The van der Waals surface area contributed by atoms with Crippen LogP contribution in [-0.4, -0.2) is 4.57 Å². The summed E-state index contributed by atoms with van der Waals surface area (Å²) in [5.41, 5.74) is 5.28. The van der Waals surface area contributed by atoms with Gasteiger partial charge in [0.25, 0.3) is 5.56 Å². The van der Waals surface area contributed by atoms with Crippen molar-refractivity contribution in [1.82, 2.24) is 4.57 Å². The first kappa shape index (κ1) is 15.4. The van der Waals surface area contributed by atoms with Gasteiger partial charge in [-0.05, 0) is 29.0 Å². The van der Waals surface area contributed by atoms with Crippen LogP contribution in [0.2, 0.25) is 0 Å². The van der Waals surface area contributed by atoms with Gasteiger partial charge >= 0.3 is 0 Å². The SMILES string of the molecule is Cc1cccc2c(-c3ccccc3)c(-c3ccccc3)n(C)c(=O)c12. The van der Waals surface area contributed by atoms with E-state index in [1.807, 2.05) is 62.5 Å². The van der Waals surface area contributed by atoms with Crippen molar-refractivity contribution in [2.24, 2.45) is 7.05 Å². The lowest BCUT2D eigenvalue weighted by molar-refractivity contribution is 0.884. The van der Waals surface area contributed by atoms with Gasteiger partial charge in [-0.3, -0.25) is 4.79 Å². The fourth-order valence-electron chi connectivity index (χ4n) is 3.56. The van der Waals surface area contributed by atoms with E-state index in [0.717, 1.165) is 38.7 Å². The van der Waals surface area contributed by atoms with Crippen LogP contribution in [0.4, 0.5) is 0 Å². The van der Waals surface area contributed by atoms with Crippen molar-refractivity contribution in [2.45, 2.75) is 6.92 Å². The Labute approximate surface area is 147 Å². The zero-order valence-electron chi connectivity index (χ0n) is 14.4. The Morgan fingerprint density at radius 2 is 1.32 bits per heavy atom. The van der Waals surface area contributed by atoms with Crippen molar-refractivity contribution in [3.8, 4) is 22.4 Å². The lowest BCUT2D eigenvalue weighted by Crippen LogP contribution is -2.20. The number of fused-ring (bicyclic) bond motifs is 1. The average molecular weight is 325 g/mol. The van der Waals surface area contributed by atoms with Gasteiger partial charge in [0.2, 0.25) is 0 Å². The van der Waals surface area contributed by atoms with Crippen molar-refractivity contribution in [2.75, 3.05) is 0 Å². The summed E-state index contributed by atoms with van der Waals surface area (Å²) in [6.45, 7) is 2.00. The highest BCUT2D eigenvalue weighted by Gasteiger charge is 2.18. The largest absolute Gasteiger partial charge is 0.310 e. The van der Waals surface area contributed by atoms with Crippen molar-refractivity contribution >= 4 is 10.8 Å². The molecule has 1 heterocycles. The molecule has 2 nitrogen and oxygen atoms in total. The number of rotatable bonds is 2. The summed E-state index contributed by atoms with van der Waals surface area (Å²) in [7, 11) is 1.86. The Morgan fingerprint density at radius 3 is 1.96 bits per heavy atom. The second-order valence-corrected chi connectivity index (χ2v) is 6.32. The minimum atomic E-state index is 0.0478. The Kier molecular flexibility index (Phi) is 3.73. The Hall–Kier alpha value is -3.13. The first-order valence-electron chi connectivity index (χ1n) is 8.41. The lowest BCUT2D eigenvalue weighted by Gasteiger charge is -2.18. The molecular weight excluding hydrogens is 306 g/mol. The van der Waals surface area contributed by atoms with Crippen molar-refractivity contribution in [1.29, 1.82) is 0 Å². The molecule has 0 aliphatic rings. The van der Waals surface area contributed by atoms with Gasteiger partial charge in [-0.2, -0.15) is 0 Å². The summed E-state index contributed by atoms with van der Waals surface area (Å²) < 4.78 is 1.78. The van der Waals surface area contributed by atoms with E-state index in [9.17, 15) is 4.79 Å². The van der Waals surface area contributed by atoms with Gasteiger partial charge in [-0.25, -0.2) is 0 Å². The van der Waals surface area contributed by atoms with Gasteiger partial charge in [0, 0.05) is 12.6 Å². The molecule has 0 bridgehead atoms. The van der Waals surface area contributed by atoms with Crippen LogP contribution in [0.15, 0.2) is 83.7 Å². The van der Waals surface area contributed by atoms with E-state index < -0.39 is 0 Å². The fraction of sp³-hybridized carbons (Fsp3) is 0.0870. The topological polar surface area (TPSA) is 22.0 Å². The zero-order valence-corrected chi connectivity index (χ0v) is 14.4. The molecule has 0 N–H and O–H groups in total. The Bertz CT molecular complexity index is 1110. The number of hydrogen-bond acceptors (Lipinski definition) is 1. The highest BCUT2D eigenvalue weighted by molar-refractivity contribution is 6.03. The molecule has 0 spiro atoms. The normalized spacial score (nSPS) is 11.0. The minimum absolute atomic E-state index is 0.0478. The third-order valence-corrected chi connectivity index (χ3v) is 4.74. The summed E-state index contributed by atoms with van der Waals surface area (Å²) in [4.78, 5) is 13.1. The molecule has 25 heavy (non-hydrogen) atoms. The Morgan fingerprint density at radius 1 is 0.720 bits per heavy atom. The van der Waals surface area contributed by atoms with Gasteiger partial charge in [-0.1, -0.05) is 78.9 Å². The zero-order chi connectivity index (χ0) is 17.4. The van der Waals surface area contributed by atoms with E-state index in [1.165, 1.54) is 0 Å². The molecule has 4 aromatic rings. The molecule has 3 aromatic carbocycles.